The highest BCUT2D eigenvalue weighted by atomic mass is 32.1. The molecule has 0 spiro atoms. The molecule has 0 saturated carbocycles. The summed E-state index contributed by atoms with van der Waals surface area (Å²) in [5, 5.41) is 1.94. The second-order valence-electron chi connectivity index (χ2n) is 2.47. The van der Waals surface area contributed by atoms with Gasteiger partial charge in [-0.1, -0.05) is 0 Å². The standard InChI is InChI=1S/C8H8N4S/c9-1-6-2-11-7(3-10-6)8-4-13-5-12-8/h2-5H,1,9H2. The van der Waals surface area contributed by atoms with Gasteiger partial charge < -0.3 is 5.73 Å². The molecule has 4 nitrogen and oxygen atoms in total. The van der Waals surface area contributed by atoms with E-state index >= 15 is 0 Å². The van der Waals surface area contributed by atoms with Crippen molar-refractivity contribution in [2.75, 3.05) is 0 Å². The summed E-state index contributed by atoms with van der Waals surface area (Å²) in [6.45, 7) is 0.421. The molecule has 0 saturated heterocycles. The van der Waals surface area contributed by atoms with Crippen LogP contribution in [-0.2, 0) is 6.54 Å². The molecule has 2 heterocycles. The lowest BCUT2D eigenvalue weighted by Crippen LogP contribution is -2.00. The average Bonchev–Trinajstić information content (AvgIpc) is 2.71. The monoisotopic (exact) mass is 192 g/mol. The summed E-state index contributed by atoms with van der Waals surface area (Å²) in [6, 6.07) is 0. The topological polar surface area (TPSA) is 64.7 Å². The van der Waals surface area contributed by atoms with Gasteiger partial charge in [0.2, 0.25) is 0 Å². The summed E-state index contributed by atoms with van der Waals surface area (Å²) in [5.74, 6) is 0. The maximum absolute atomic E-state index is 5.40. The zero-order valence-electron chi connectivity index (χ0n) is 6.84. The summed E-state index contributed by atoms with van der Waals surface area (Å²) < 4.78 is 0. The van der Waals surface area contributed by atoms with Crippen LogP contribution in [0.2, 0.25) is 0 Å². The van der Waals surface area contributed by atoms with Crippen molar-refractivity contribution in [2.45, 2.75) is 6.54 Å². The van der Waals surface area contributed by atoms with E-state index in [2.05, 4.69) is 15.0 Å². The fourth-order valence-electron chi connectivity index (χ4n) is 0.931. The van der Waals surface area contributed by atoms with Gasteiger partial charge in [0.15, 0.2) is 0 Å². The molecule has 0 aromatic carbocycles. The maximum Gasteiger partial charge on any atom is 0.108 e. The van der Waals surface area contributed by atoms with Crippen LogP contribution >= 0.6 is 11.3 Å². The Morgan fingerprint density at radius 1 is 1.15 bits per heavy atom. The molecule has 13 heavy (non-hydrogen) atoms. The fourth-order valence-corrected chi connectivity index (χ4v) is 1.48. The third-order valence-corrected chi connectivity index (χ3v) is 2.20. The van der Waals surface area contributed by atoms with E-state index in [1.807, 2.05) is 5.38 Å². The Morgan fingerprint density at radius 3 is 2.62 bits per heavy atom. The highest BCUT2D eigenvalue weighted by Crippen LogP contribution is 2.14. The van der Waals surface area contributed by atoms with E-state index in [1.54, 1.807) is 29.2 Å². The van der Waals surface area contributed by atoms with Crippen LogP contribution in [0.5, 0.6) is 0 Å². The van der Waals surface area contributed by atoms with Crippen LogP contribution in [0.1, 0.15) is 5.69 Å². The lowest BCUT2D eigenvalue weighted by atomic mass is 10.3. The third-order valence-electron chi connectivity index (χ3n) is 1.61. The van der Waals surface area contributed by atoms with E-state index in [0.29, 0.717) is 6.54 Å². The molecule has 66 valence electrons. The maximum atomic E-state index is 5.40. The molecule has 2 aromatic rings. The quantitative estimate of drug-likeness (QED) is 0.772. The van der Waals surface area contributed by atoms with Gasteiger partial charge in [-0.3, -0.25) is 9.97 Å². The Bertz CT molecular complexity index is 368. The van der Waals surface area contributed by atoms with Crippen LogP contribution in [0, 0.1) is 0 Å². The largest absolute Gasteiger partial charge is 0.325 e. The van der Waals surface area contributed by atoms with Crippen molar-refractivity contribution in [3.8, 4) is 11.4 Å². The molecule has 0 amide bonds. The third kappa shape index (κ3) is 1.71. The molecule has 0 aliphatic heterocycles. The van der Waals surface area contributed by atoms with E-state index in [0.717, 1.165) is 17.1 Å². The molecule has 0 fully saturated rings. The van der Waals surface area contributed by atoms with E-state index < -0.39 is 0 Å². The first-order valence-electron chi connectivity index (χ1n) is 3.79. The molecular formula is C8H8N4S. The van der Waals surface area contributed by atoms with Crippen LogP contribution in [0.25, 0.3) is 11.4 Å². The molecule has 5 heteroatoms. The fraction of sp³-hybridized carbons (Fsp3) is 0.125. The van der Waals surface area contributed by atoms with Crippen molar-refractivity contribution in [1.82, 2.24) is 15.0 Å². The molecule has 0 radical (unpaired) electrons. The lowest BCUT2D eigenvalue weighted by molar-refractivity contribution is 0.964. The van der Waals surface area contributed by atoms with Gasteiger partial charge in [0.25, 0.3) is 0 Å². The second kappa shape index (κ2) is 3.59. The van der Waals surface area contributed by atoms with Gasteiger partial charge in [-0.25, -0.2) is 4.98 Å². The number of hydrogen-bond acceptors (Lipinski definition) is 5. The second-order valence-corrected chi connectivity index (χ2v) is 3.19. The summed E-state index contributed by atoms with van der Waals surface area (Å²) in [7, 11) is 0. The van der Waals surface area contributed by atoms with Crippen molar-refractivity contribution < 1.29 is 0 Å². The van der Waals surface area contributed by atoms with Gasteiger partial charge >= 0.3 is 0 Å². The van der Waals surface area contributed by atoms with Gasteiger partial charge in [0, 0.05) is 11.9 Å². The Kier molecular flexibility index (Phi) is 2.29. The van der Waals surface area contributed by atoms with Gasteiger partial charge in [0.05, 0.1) is 23.6 Å². The van der Waals surface area contributed by atoms with Crippen molar-refractivity contribution >= 4 is 11.3 Å². The predicted octanol–water partition coefficient (Wildman–Crippen LogP) is 1.06. The van der Waals surface area contributed by atoms with Gasteiger partial charge in [-0.05, 0) is 0 Å². The number of rotatable bonds is 2. The van der Waals surface area contributed by atoms with Crippen LogP contribution in [0.3, 0.4) is 0 Å². The van der Waals surface area contributed by atoms with E-state index in [-0.39, 0.29) is 0 Å². The first-order chi connectivity index (χ1) is 6.40. The number of nitrogens with zero attached hydrogens (tertiary/aromatic N) is 3. The number of aromatic nitrogens is 3. The number of thiazole rings is 1. The summed E-state index contributed by atoms with van der Waals surface area (Å²) in [6.07, 6.45) is 3.37. The van der Waals surface area contributed by atoms with E-state index in [4.69, 9.17) is 5.73 Å². The van der Waals surface area contributed by atoms with Crippen molar-refractivity contribution in [3.05, 3.63) is 29.0 Å². The Labute approximate surface area is 79.5 Å². The van der Waals surface area contributed by atoms with Crippen LogP contribution in [0.15, 0.2) is 23.3 Å². The SMILES string of the molecule is NCc1cnc(-c2cscn2)cn1. The molecule has 2 aromatic heterocycles. The molecule has 0 bridgehead atoms. The minimum absolute atomic E-state index is 0.421. The molecule has 2 N–H and O–H groups in total. The van der Waals surface area contributed by atoms with Gasteiger partial charge in [0.1, 0.15) is 11.4 Å². The predicted molar refractivity (Wildman–Crippen MR) is 51.0 cm³/mol. The van der Waals surface area contributed by atoms with Crippen molar-refractivity contribution in [2.24, 2.45) is 5.73 Å². The zero-order valence-corrected chi connectivity index (χ0v) is 7.66. The summed E-state index contributed by atoms with van der Waals surface area (Å²) in [4.78, 5) is 12.5. The Balaban J connectivity index is 2.33. The first kappa shape index (κ1) is 8.28. The van der Waals surface area contributed by atoms with Crippen LogP contribution < -0.4 is 5.73 Å². The summed E-state index contributed by atoms with van der Waals surface area (Å²) >= 11 is 1.54. The molecule has 0 aliphatic rings. The zero-order chi connectivity index (χ0) is 9.10. The Morgan fingerprint density at radius 2 is 2.08 bits per heavy atom. The minimum atomic E-state index is 0.421. The lowest BCUT2D eigenvalue weighted by Gasteiger charge is -1.96. The molecule has 0 aliphatic carbocycles. The van der Waals surface area contributed by atoms with Crippen molar-refractivity contribution in [3.63, 3.8) is 0 Å². The van der Waals surface area contributed by atoms with Gasteiger partial charge in [-0.15, -0.1) is 11.3 Å². The average molecular weight is 192 g/mol. The van der Waals surface area contributed by atoms with Gasteiger partial charge in [-0.2, -0.15) is 0 Å². The van der Waals surface area contributed by atoms with Crippen LogP contribution in [0.4, 0.5) is 0 Å². The normalized spacial score (nSPS) is 10.2. The smallest absolute Gasteiger partial charge is 0.108 e. The number of nitrogens with two attached hydrogens (primary N) is 1. The minimum Gasteiger partial charge on any atom is -0.325 e. The number of hydrogen-bond donors (Lipinski definition) is 1. The molecule has 2 rings (SSSR count). The molecule has 0 unspecified atom stereocenters. The highest BCUT2D eigenvalue weighted by molar-refractivity contribution is 7.07. The molecule has 0 atom stereocenters. The van der Waals surface area contributed by atoms with E-state index in [9.17, 15) is 0 Å². The Hall–Kier alpha value is -1.33. The van der Waals surface area contributed by atoms with E-state index in [1.165, 1.54) is 0 Å². The van der Waals surface area contributed by atoms with Crippen LogP contribution in [-0.4, -0.2) is 15.0 Å². The highest BCUT2D eigenvalue weighted by Gasteiger charge is 2.00. The van der Waals surface area contributed by atoms with Crippen molar-refractivity contribution in [1.29, 1.82) is 0 Å². The summed E-state index contributed by atoms with van der Waals surface area (Å²) in [5.41, 5.74) is 9.62. The molecular weight excluding hydrogens is 184 g/mol. The first-order valence-corrected chi connectivity index (χ1v) is 4.74.